The number of hydrogen-bond acceptors (Lipinski definition) is 2. The van der Waals surface area contributed by atoms with Crippen molar-refractivity contribution in [2.75, 3.05) is 7.11 Å². The van der Waals surface area contributed by atoms with Crippen LogP contribution >= 0.6 is 0 Å². The van der Waals surface area contributed by atoms with Crippen molar-refractivity contribution in [2.24, 2.45) is 5.92 Å². The average Bonchev–Trinajstić information content (AvgIpc) is 2.74. The topological polar surface area (TPSA) is 26.3 Å². The van der Waals surface area contributed by atoms with Crippen molar-refractivity contribution >= 4 is 5.97 Å². The molecule has 0 saturated carbocycles. The third kappa shape index (κ3) is 23.6. The van der Waals surface area contributed by atoms with Gasteiger partial charge in [-0.25, -0.2) is 0 Å². The third-order valence-electron chi connectivity index (χ3n) is 6.50. The number of carbonyl (C=O) groups is 1. The highest BCUT2D eigenvalue weighted by atomic mass is 16.5. The Morgan fingerprint density at radius 3 is 1.21 bits per heavy atom. The first kappa shape index (κ1) is 28.5. The Balaban J connectivity index is 3.04. The molecule has 0 N–H and O–H groups in total. The van der Waals surface area contributed by atoms with Crippen molar-refractivity contribution < 1.29 is 9.53 Å². The van der Waals surface area contributed by atoms with E-state index in [0.717, 1.165) is 12.3 Å². The van der Waals surface area contributed by atoms with Crippen LogP contribution in [0.1, 0.15) is 155 Å². The molecule has 0 heterocycles. The zero-order valence-corrected chi connectivity index (χ0v) is 20.5. The molecule has 0 aromatic rings. The highest BCUT2D eigenvalue weighted by Gasteiger charge is 2.00. The lowest BCUT2D eigenvalue weighted by Gasteiger charge is -2.07. The predicted molar refractivity (Wildman–Crippen MR) is 128 cm³/mol. The lowest BCUT2D eigenvalue weighted by molar-refractivity contribution is -0.140. The Hall–Kier alpha value is -0.530. The van der Waals surface area contributed by atoms with Gasteiger partial charge >= 0.3 is 5.97 Å². The van der Waals surface area contributed by atoms with Gasteiger partial charge in [-0.05, 0) is 12.3 Å². The van der Waals surface area contributed by atoms with Crippen LogP contribution in [-0.2, 0) is 9.53 Å². The minimum atomic E-state index is -0.0621. The number of ether oxygens (including phenoxy) is 1. The minimum Gasteiger partial charge on any atom is -0.469 e. The van der Waals surface area contributed by atoms with E-state index in [9.17, 15) is 4.79 Å². The second-order valence-corrected chi connectivity index (χ2v) is 9.35. The van der Waals surface area contributed by atoms with Crippen LogP contribution in [0.25, 0.3) is 0 Å². The van der Waals surface area contributed by atoms with Crippen LogP contribution in [0.4, 0.5) is 0 Å². The third-order valence-corrected chi connectivity index (χ3v) is 6.50. The molecule has 1 unspecified atom stereocenters. The Labute approximate surface area is 184 Å². The van der Waals surface area contributed by atoms with Crippen LogP contribution < -0.4 is 0 Å². The van der Waals surface area contributed by atoms with Crippen LogP contribution in [0.5, 0.6) is 0 Å². The summed E-state index contributed by atoms with van der Waals surface area (Å²) < 4.78 is 4.66. The van der Waals surface area contributed by atoms with Gasteiger partial charge in [-0.2, -0.15) is 0 Å². The highest BCUT2D eigenvalue weighted by Crippen LogP contribution is 2.16. The lowest BCUT2D eigenvalue weighted by atomic mass is 9.99. The monoisotopic (exact) mass is 410 g/mol. The van der Waals surface area contributed by atoms with Crippen LogP contribution in [0, 0.1) is 5.92 Å². The van der Waals surface area contributed by atoms with Crippen molar-refractivity contribution in [3.8, 4) is 0 Å². The molecule has 0 rings (SSSR count). The van der Waals surface area contributed by atoms with Gasteiger partial charge in [0, 0.05) is 6.42 Å². The van der Waals surface area contributed by atoms with Gasteiger partial charge in [-0.1, -0.05) is 142 Å². The van der Waals surface area contributed by atoms with E-state index in [1.54, 1.807) is 0 Å². The predicted octanol–water partition coefficient (Wildman–Crippen LogP) is 9.40. The van der Waals surface area contributed by atoms with Crippen LogP contribution in [0.2, 0.25) is 0 Å². The Morgan fingerprint density at radius 2 is 0.897 bits per heavy atom. The quantitative estimate of drug-likeness (QED) is 0.124. The van der Waals surface area contributed by atoms with Gasteiger partial charge in [0.15, 0.2) is 0 Å². The molecule has 0 fully saturated rings. The minimum absolute atomic E-state index is 0.0621. The van der Waals surface area contributed by atoms with Crippen molar-refractivity contribution in [1.29, 1.82) is 0 Å². The maximum atomic E-state index is 11.0. The first-order valence-electron chi connectivity index (χ1n) is 13.3. The summed E-state index contributed by atoms with van der Waals surface area (Å²) in [5.74, 6) is 0.873. The van der Waals surface area contributed by atoms with Crippen molar-refractivity contribution in [3.63, 3.8) is 0 Å². The summed E-state index contributed by atoms with van der Waals surface area (Å²) in [7, 11) is 1.47. The fraction of sp³-hybridized carbons (Fsp3) is 0.963. The Bertz CT molecular complexity index is 326. The van der Waals surface area contributed by atoms with Crippen LogP contribution in [0.3, 0.4) is 0 Å². The molecule has 0 aromatic carbocycles. The van der Waals surface area contributed by atoms with Crippen molar-refractivity contribution in [1.82, 2.24) is 0 Å². The lowest BCUT2D eigenvalue weighted by Crippen LogP contribution is -1.99. The van der Waals surface area contributed by atoms with E-state index >= 15 is 0 Å². The molecule has 0 aliphatic rings. The summed E-state index contributed by atoms with van der Waals surface area (Å²) in [6, 6.07) is 0. The van der Waals surface area contributed by atoms with Gasteiger partial charge < -0.3 is 4.74 Å². The van der Waals surface area contributed by atoms with Gasteiger partial charge in [-0.15, -0.1) is 0 Å². The number of methoxy groups -OCH3 is 1. The number of hydrogen-bond donors (Lipinski definition) is 0. The van der Waals surface area contributed by atoms with Gasteiger partial charge in [-0.3, -0.25) is 4.79 Å². The number of rotatable bonds is 23. The Kier molecular flexibility index (Phi) is 23.3. The standard InChI is InChI=1S/C27H54O2/c1-4-26(2)24-22-20-18-16-14-12-10-8-6-5-7-9-11-13-15-17-19-21-23-25-27(28)29-3/h26H,4-25H2,1-3H3. The van der Waals surface area contributed by atoms with Gasteiger partial charge in [0.05, 0.1) is 7.11 Å². The molecule has 0 bridgehead atoms. The highest BCUT2D eigenvalue weighted by molar-refractivity contribution is 5.68. The summed E-state index contributed by atoms with van der Waals surface area (Å²) in [6.07, 6.45) is 29.8. The van der Waals surface area contributed by atoms with E-state index in [0.29, 0.717) is 6.42 Å². The van der Waals surface area contributed by atoms with E-state index in [4.69, 9.17) is 0 Å². The summed E-state index contributed by atoms with van der Waals surface area (Å²) in [4.78, 5) is 11.0. The normalized spacial score (nSPS) is 12.2. The number of esters is 1. The zero-order chi connectivity index (χ0) is 21.4. The molecule has 0 aliphatic heterocycles. The van der Waals surface area contributed by atoms with Gasteiger partial charge in [0.1, 0.15) is 0 Å². The molecule has 0 aromatic heterocycles. The van der Waals surface area contributed by atoms with Crippen LogP contribution in [-0.4, -0.2) is 13.1 Å². The second-order valence-electron chi connectivity index (χ2n) is 9.35. The maximum Gasteiger partial charge on any atom is 0.305 e. The molecular formula is C27H54O2. The van der Waals surface area contributed by atoms with Crippen LogP contribution in [0.15, 0.2) is 0 Å². The largest absolute Gasteiger partial charge is 0.469 e. The summed E-state index contributed by atoms with van der Waals surface area (Å²) in [5, 5.41) is 0. The fourth-order valence-electron chi connectivity index (χ4n) is 4.07. The van der Waals surface area contributed by atoms with Gasteiger partial charge in [0.25, 0.3) is 0 Å². The molecule has 0 saturated heterocycles. The first-order valence-corrected chi connectivity index (χ1v) is 13.3. The molecule has 29 heavy (non-hydrogen) atoms. The maximum absolute atomic E-state index is 11.0. The summed E-state index contributed by atoms with van der Waals surface area (Å²) in [6.45, 7) is 4.70. The smallest absolute Gasteiger partial charge is 0.305 e. The zero-order valence-electron chi connectivity index (χ0n) is 20.5. The molecule has 0 spiro atoms. The van der Waals surface area contributed by atoms with E-state index in [1.807, 2.05) is 0 Å². The summed E-state index contributed by atoms with van der Waals surface area (Å²) >= 11 is 0. The Morgan fingerprint density at radius 1 is 0.586 bits per heavy atom. The first-order chi connectivity index (χ1) is 14.2. The molecule has 174 valence electrons. The van der Waals surface area contributed by atoms with E-state index in [-0.39, 0.29) is 5.97 Å². The van der Waals surface area contributed by atoms with Crippen molar-refractivity contribution in [2.45, 2.75) is 155 Å². The molecule has 0 aliphatic carbocycles. The van der Waals surface area contributed by atoms with E-state index < -0.39 is 0 Å². The SMILES string of the molecule is CCC(C)CCCCCCCCCCCCCCCCCCCCCC(=O)OC. The molecule has 2 heteroatoms. The molecule has 1 atom stereocenters. The number of carbonyl (C=O) groups excluding carboxylic acids is 1. The molecular weight excluding hydrogens is 356 g/mol. The number of unbranched alkanes of at least 4 members (excludes halogenated alkanes) is 18. The van der Waals surface area contributed by atoms with Gasteiger partial charge in [0.2, 0.25) is 0 Å². The fourth-order valence-corrected chi connectivity index (χ4v) is 4.07. The van der Waals surface area contributed by atoms with E-state index in [1.165, 1.54) is 136 Å². The average molecular weight is 411 g/mol. The summed E-state index contributed by atoms with van der Waals surface area (Å²) in [5.41, 5.74) is 0. The van der Waals surface area contributed by atoms with E-state index in [2.05, 4.69) is 18.6 Å². The van der Waals surface area contributed by atoms with Crippen molar-refractivity contribution in [3.05, 3.63) is 0 Å². The molecule has 2 nitrogen and oxygen atoms in total. The molecule has 0 amide bonds. The second kappa shape index (κ2) is 23.7. The molecule has 0 radical (unpaired) electrons.